The Labute approximate surface area is 110 Å². The van der Waals surface area contributed by atoms with Crippen molar-refractivity contribution in [3.05, 3.63) is 35.4 Å². The van der Waals surface area contributed by atoms with Crippen LogP contribution in [-0.2, 0) is 0 Å². The minimum absolute atomic E-state index is 0. The molecule has 2 rings (SSSR count). The predicted molar refractivity (Wildman–Crippen MR) is 75.3 cm³/mol. The summed E-state index contributed by atoms with van der Waals surface area (Å²) in [5, 5.41) is 3.44. The molecule has 17 heavy (non-hydrogen) atoms. The Hall–Kier alpha value is -0.970. The van der Waals surface area contributed by atoms with Crippen molar-refractivity contribution in [1.29, 1.82) is 0 Å². The van der Waals surface area contributed by atoms with Crippen LogP contribution in [0.25, 0.3) is 0 Å². The molecule has 1 N–H and O–H groups in total. The van der Waals surface area contributed by atoms with Crippen molar-refractivity contribution in [3.63, 3.8) is 0 Å². The lowest BCUT2D eigenvalue weighted by Gasteiger charge is -2.17. The van der Waals surface area contributed by atoms with Crippen LogP contribution in [-0.4, -0.2) is 6.54 Å². The number of hydrogen-bond acceptors (Lipinski definition) is 1. The van der Waals surface area contributed by atoms with E-state index in [0.717, 1.165) is 5.92 Å². The smallest absolute Gasteiger partial charge is 0.0578 e. The monoisotopic (exact) mass is 249 g/mol. The van der Waals surface area contributed by atoms with Crippen LogP contribution >= 0.6 is 12.4 Å². The Balaban J connectivity index is 0.00000144. The first-order chi connectivity index (χ1) is 7.79. The normalized spacial score (nSPS) is 15.8. The van der Waals surface area contributed by atoms with Crippen LogP contribution in [0.1, 0.15) is 36.4 Å². The Morgan fingerprint density at radius 1 is 1.35 bits per heavy atom. The van der Waals surface area contributed by atoms with Gasteiger partial charge in [-0.05, 0) is 24.8 Å². The summed E-state index contributed by atoms with van der Waals surface area (Å²) in [6.45, 7) is 2.78. The molecule has 92 valence electrons. The van der Waals surface area contributed by atoms with Gasteiger partial charge >= 0.3 is 0 Å². The van der Waals surface area contributed by atoms with Gasteiger partial charge in [0, 0.05) is 6.04 Å². The van der Waals surface area contributed by atoms with E-state index >= 15 is 0 Å². The van der Waals surface area contributed by atoms with E-state index in [1.807, 2.05) is 0 Å². The van der Waals surface area contributed by atoms with Gasteiger partial charge < -0.3 is 0 Å². The van der Waals surface area contributed by atoms with E-state index in [4.69, 9.17) is 6.42 Å². The maximum atomic E-state index is 5.31. The van der Waals surface area contributed by atoms with Gasteiger partial charge in [-0.1, -0.05) is 48.6 Å². The summed E-state index contributed by atoms with van der Waals surface area (Å²) in [6, 6.07) is 9.21. The molecule has 0 heterocycles. The largest absolute Gasteiger partial charge is 0.299 e. The van der Waals surface area contributed by atoms with Crippen molar-refractivity contribution in [2.24, 2.45) is 5.92 Å². The van der Waals surface area contributed by atoms with E-state index in [0.29, 0.717) is 12.6 Å². The van der Waals surface area contributed by atoms with Crippen LogP contribution in [0.15, 0.2) is 24.3 Å². The zero-order valence-corrected chi connectivity index (χ0v) is 11.1. The third-order valence-electron chi connectivity index (χ3n) is 3.20. The molecular formula is C15H20ClN. The maximum Gasteiger partial charge on any atom is 0.0578 e. The molecule has 0 aliphatic heterocycles. The van der Waals surface area contributed by atoms with Gasteiger partial charge in [-0.25, -0.2) is 0 Å². The second-order valence-electron chi connectivity index (χ2n) is 4.73. The van der Waals surface area contributed by atoms with Crippen molar-refractivity contribution < 1.29 is 0 Å². The number of hydrogen-bond donors (Lipinski definition) is 1. The average molecular weight is 250 g/mol. The second-order valence-corrected chi connectivity index (χ2v) is 4.73. The molecule has 0 unspecified atom stereocenters. The zero-order valence-electron chi connectivity index (χ0n) is 10.3. The quantitative estimate of drug-likeness (QED) is 0.788. The molecular weight excluding hydrogens is 230 g/mol. The summed E-state index contributed by atoms with van der Waals surface area (Å²) in [5.41, 5.74) is 2.68. The van der Waals surface area contributed by atoms with E-state index in [1.54, 1.807) is 0 Å². The van der Waals surface area contributed by atoms with Gasteiger partial charge in [0.2, 0.25) is 0 Å². The summed E-state index contributed by atoms with van der Waals surface area (Å²) in [4.78, 5) is 0. The summed E-state index contributed by atoms with van der Waals surface area (Å²) in [5.74, 6) is 3.58. The molecule has 1 atom stereocenters. The highest BCUT2D eigenvalue weighted by atomic mass is 35.5. The number of benzene rings is 1. The van der Waals surface area contributed by atoms with Crippen molar-refractivity contribution in [2.45, 2.75) is 32.2 Å². The van der Waals surface area contributed by atoms with Crippen molar-refractivity contribution in [2.75, 3.05) is 6.54 Å². The molecule has 1 aromatic carbocycles. The lowest BCUT2D eigenvalue weighted by molar-refractivity contribution is 0.499. The van der Waals surface area contributed by atoms with Crippen molar-refractivity contribution >= 4 is 12.4 Å². The number of terminal acetylenes is 1. The van der Waals surface area contributed by atoms with Crippen LogP contribution in [0, 0.1) is 25.2 Å². The Kier molecular flexibility index (Phi) is 5.55. The summed E-state index contributed by atoms with van der Waals surface area (Å²) in [7, 11) is 0. The molecule has 0 radical (unpaired) electrons. The van der Waals surface area contributed by atoms with E-state index in [2.05, 4.69) is 42.4 Å². The van der Waals surface area contributed by atoms with Crippen molar-refractivity contribution in [3.8, 4) is 12.3 Å². The predicted octanol–water partition coefficient (Wildman–Crippen LogP) is 3.48. The zero-order chi connectivity index (χ0) is 11.4. The summed E-state index contributed by atoms with van der Waals surface area (Å²) >= 11 is 0. The first-order valence-electron chi connectivity index (χ1n) is 6.03. The molecule has 0 bridgehead atoms. The fourth-order valence-electron chi connectivity index (χ4n) is 2.01. The fourth-order valence-corrected chi connectivity index (χ4v) is 2.01. The third-order valence-corrected chi connectivity index (χ3v) is 3.20. The molecule has 1 nitrogen and oxygen atoms in total. The minimum atomic E-state index is 0. The van der Waals surface area contributed by atoms with E-state index < -0.39 is 0 Å². The van der Waals surface area contributed by atoms with Gasteiger partial charge in [-0.15, -0.1) is 18.8 Å². The fraction of sp³-hybridized carbons (Fsp3) is 0.467. The van der Waals surface area contributed by atoms with Gasteiger partial charge in [0.05, 0.1) is 6.54 Å². The molecule has 0 amide bonds. The lowest BCUT2D eigenvalue weighted by atomic mass is 10.00. The Morgan fingerprint density at radius 2 is 2.00 bits per heavy atom. The van der Waals surface area contributed by atoms with Crippen LogP contribution < -0.4 is 5.32 Å². The molecule has 1 aromatic rings. The van der Waals surface area contributed by atoms with Gasteiger partial charge in [0.15, 0.2) is 0 Å². The minimum Gasteiger partial charge on any atom is -0.299 e. The highest BCUT2D eigenvalue weighted by molar-refractivity contribution is 5.85. The van der Waals surface area contributed by atoms with E-state index in [1.165, 1.54) is 30.4 Å². The van der Waals surface area contributed by atoms with Crippen LogP contribution in [0.3, 0.4) is 0 Å². The summed E-state index contributed by atoms with van der Waals surface area (Å²) < 4.78 is 0. The number of halogens is 1. The molecule has 0 spiro atoms. The van der Waals surface area contributed by atoms with Gasteiger partial charge in [-0.3, -0.25) is 5.32 Å². The number of rotatable bonds is 5. The molecule has 0 saturated heterocycles. The standard InChI is InChI=1S/C15H19N.ClH/c1-3-10-16-15(11-13-6-7-13)14-8-4-12(2)5-9-14;/h1,4-5,8-9,13,15-16H,6-7,10-11H2,2H3;1H/t15-;/m0./s1. The maximum absolute atomic E-state index is 5.31. The van der Waals surface area contributed by atoms with Gasteiger partial charge in [0.1, 0.15) is 0 Å². The lowest BCUT2D eigenvalue weighted by Crippen LogP contribution is -2.22. The van der Waals surface area contributed by atoms with Crippen molar-refractivity contribution in [1.82, 2.24) is 5.32 Å². The van der Waals surface area contributed by atoms with Crippen LogP contribution in [0.2, 0.25) is 0 Å². The average Bonchev–Trinajstić information content (AvgIpc) is 3.09. The Morgan fingerprint density at radius 3 is 2.53 bits per heavy atom. The summed E-state index contributed by atoms with van der Waals surface area (Å²) in [6.07, 6.45) is 9.32. The third kappa shape index (κ3) is 4.42. The first-order valence-corrected chi connectivity index (χ1v) is 6.03. The molecule has 2 heteroatoms. The van der Waals surface area contributed by atoms with E-state index in [9.17, 15) is 0 Å². The molecule has 0 aromatic heterocycles. The number of nitrogens with one attached hydrogen (secondary N) is 1. The topological polar surface area (TPSA) is 12.0 Å². The highest BCUT2D eigenvalue weighted by Gasteiger charge is 2.25. The molecule has 1 aliphatic rings. The first kappa shape index (κ1) is 14.1. The SMILES string of the molecule is C#CCN[C@@H](CC1CC1)c1ccc(C)cc1.Cl. The van der Waals surface area contributed by atoms with Crippen LogP contribution in [0.4, 0.5) is 0 Å². The van der Waals surface area contributed by atoms with Gasteiger partial charge in [-0.2, -0.15) is 0 Å². The van der Waals surface area contributed by atoms with Crippen LogP contribution in [0.5, 0.6) is 0 Å². The Bertz CT molecular complexity index is 373. The second kappa shape index (κ2) is 6.69. The number of aryl methyl sites for hydroxylation is 1. The molecule has 1 fully saturated rings. The molecule has 1 saturated carbocycles. The van der Waals surface area contributed by atoms with E-state index in [-0.39, 0.29) is 12.4 Å². The highest BCUT2D eigenvalue weighted by Crippen LogP contribution is 2.37. The molecule has 1 aliphatic carbocycles. The van der Waals surface area contributed by atoms with Gasteiger partial charge in [0.25, 0.3) is 0 Å².